The number of esters is 1. The number of imidazole rings is 1. The van der Waals surface area contributed by atoms with Crippen LogP contribution in [0.25, 0.3) is 11.2 Å². The van der Waals surface area contributed by atoms with Crippen LogP contribution in [0.15, 0.2) is 89.9 Å². The van der Waals surface area contributed by atoms with Crippen molar-refractivity contribution in [2.24, 2.45) is 0 Å². The van der Waals surface area contributed by atoms with Crippen molar-refractivity contribution in [2.75, 3.05) is 6.61 Å². The van der Waals surface area contributed by atoms with E-state index in [-0.39, 0.29) is 22.7 Å². The normalized spacial score (nSPS) is 17.7. The van der Waals surface area contributed by atoms with Gasteiger partial charge in [-0.1, -0.05) is 81.4 Å². The molecule has 0 fully saturated rings. The van der Waals surface area contributed by atoms with Crippen LogP contribution in [0.1, 0.15) is 33.9 Å². The van der Waals surface area contributed by atoms with Crippen LogP contribution in [-0.2, 0) is 18.7 Å². The summed E-state index contributed by atoms with van der Waals surface area (Å²) in [5.74, 6) is 0.0742. The Morgan fingerprint density at radius 2 is 1.68 bits per heavy atom. The van der Waals surface area contributed by atoms with E-state index in [1.54, 1.807) is 10.6 Å². The first kappa shape index (κ1) is 25.6. The van der Waals surface area contributed by atoms with Gasteiger partial charge in [0.05, 0.1) is 12.9 Å². The molecule has 2 atom stereocenters. The molecule has 0 saturated heterocycles. The van der Waals surface area contributed by atoms with Gasteiger partial charge in [0.25, 0.3) is 13.9 Å². The molecule has 1 aliphatic heterocycles. The number of benzene rings is 2. The van der Waals surface area contributed by atoms with Crippen LogP contribution in [0, 0.1) is 0 Å². The molecule has 0 saturated carbocycles. The molecule has 9 nitrogen and oxygen atoms in total. The SMILES string of the molecule is CC(=O)O[C@@H]1C=C(CO[Si](c2ccccc2)(c2ccccc2)C(C)(C)C)O[C@H]1n1cnc2c(=O)[nH]cnc21. The van der Waals surface area contributed by atoms with Crippen LogP contribution in [-0.4, -0.2) is 46.5 Å². The number of H-pyrrole nitrogens is 1. The summed E-state index contributed by atoms with van der Waals surface area (Å²) in [5.41, 5.74) is 0.145. The largest absolute Gasteiger partial charge is 0.468 e. The monoisotopic (exact) mass is 530 g/mol. The van der Waals surface area contributed by atoms with E-state index in [9.17, 15) is 9.59 Å². The molecule has 2 aromatic heterocycles. The maximum atomic E-state index is 12.2. The number of fused-ring (bicyclic) bond motifs is 1. The second kappa shape index (κ2) is 10.0. The smallest absolute Gasteiger partial charge is 0.303 e. The van der Waals surface area contributed by atoms with Gasteiger partial charge in [-0.15, -0.1) is 0 Å². The Kier molecular flexibility index (Phi) is 6.76. The standard InChI is InChI=1S/C28H30N4O5Si/c1-19(33)36-23-15-20(37-27(23)32-18-31-24-25(32)29-17-30-26(24)34)16-35-38(28(2,3)4,21-11-7-5-8-12-21)22-13-9-6-10-14-22/h5-15,17-18,23,27H,16H2,1-4H3,(H,29,30,34)/t23-,27-/m1/s1. The van der Waals surface area contributed by atoms with E-state index in [0.29, 0.717) is 11.4 Å². The van der Waals surface area contributed by atoms with E-state index >= 15 is 0 Å². The van der Waals surface area contributed by atoms with E-state index < -0.39 is 26.6 Å². The molecule has 0 amide bonds. The van der Waals surface area contributed by atoms with Crippen molar-refractivity contribution < 1.29 is 18.7 Å². The molecule has 196 valence electrons. The zero-order valence-corrected chi connectivity index (χ0v) is 22.8. The molecular formula is C28H30N4O5Si. The van der Waals surface area contributed by atoms with Gasteiger partial charge in [0.1, 0.15) is 12.1 Å². The molecule has 5 rings (SSSR count). The predicted octanol–water partition coefficient (Wildman–Crippen LogP) is 3.04. The lowest BCUT2D eigenvalue weighted by Gasteiger charge is -2.43. The first-order chi connectivity index (χ1) is 18.2. The highest BCUT2D eigenvalue weighted by atomic mass is 28.4. The van der Waals surface area contributed by atoms with Crippen molar-refractivity contribution in [1.82, 2.24) is 19.5 Å². The third-order valence-electron chi connectivity index (χ3n) is 6.69. The average Bonchev–Trinajstić information content (AvgIpc) is 3.49. The van der Waals surface area contributed by atoms with Gasteiger partial charge in [0, 0.05) is 13.0 Å². The average molecular weight is 531 g/mol. The fourth-order valence-electron chi connectivity index (χ4n) is 5.10. The molecule has 4 aromatic rings. The number of nitrogens with zero attached hydrogens (tertiary/aromatic N) is 3. The van der Waals surface area contributed by atoms with Crippen LogP contribution in [0.3, 0.4) is 0 Å². The van der Waals surface area contributed by atoms with Crippen molar-refractivity contribution in [3.8, 4) is 0 Å². The van der Waals surface area contributed by atoms with Gasteiger partial charge in [-0.25, -0.2) is 9.97 Å². The Morgan fingerprint density at radius 1 is 1.05 bits per heavy atom. The highest BCUT2D eigenvalue weighted by molar-refractivity contribution is 6.99. The lowest BCUT2D eigenvalue weighted by Crippen LogP contribution is -2.66. The van der Waals surface area contributed by atoms with Crippen LogP contribution >= 0.6 is 0 Å². The van der Waals surface area contributed by atoms with E-state index in [2.05, 4.69) is 60.0 Å². The molecule has 0 aliphatic carbocycles. The van der Waals surface area contributed by atoms with Gasteiger partial charge in [-0.2, -0.15) is 0 Å². The van der Waals surface area contributed by atoms with Gasteiger partial charge >= 0.3 is 5.97 Å². The number of ether oxygens (including phenoxy) is 2. The first-order valence-electron chi connectivity index (χ1n) is 12.4. The summed E-state index contributed by atoms with van der Waals surface area (Å²) in [5, 5.41) is 2.08. The van der Waals surface area contributed by atoms with Crippen molar-refractivity contribution in [1.29, 1.82) is 0 Å². The van der Waals surface area contributed by atoms with Crippen LogP contribution < -0.4 is 15.9 Å². The first-order valence-corrected chi connectivity index (χ1v) is 14.3. The molecular weight excluding hydrogens is 500 g/mol. The Morgan fingerprint density at radius 3 is 2.26 bits per heavy atom. The molecule has 0 spiro atoms. The van der Waals surface area contributed by atoms with E-state index in [1.165, 1.54) is 19.6 Å². The lowest BCUT2D eigenvalue weighted by molar-refractivity contribution is -0.150. The van der Waals surface area contributed by atoms with Crippen LogP contribution in [0.5, 0.6) is 0 Å². The van der Waals surface area contributed by atoms with E-state index in [1.807, 2.05) is 36.4 Å². The third kappa shape index (κ3) is 4.57. The van der Waals surface area contributed by atoms with Crippen LogP contribution in [0.2, 0.25) is 5.04 Å². The molecule has 0 bridgehead atoms. The number of carbonyl (C=O) groups excluding carboxylic acids is 1. The van der Waals surface area contributed by atoms with E-state index in [0.717, 1.165) is 10.4 Å². The predicted molar refractivity (Wildman–Crippen MR) is 145 cm³/mol. The summed E-state index contributed by atoms with van der Waals surface area (Å²) >= 11 is 0. The maximum Gasteiger partial charge on any atom is 0.303 e. The van der Waals surface area contributed by atoms with E-state index in [4.69, 9.17) is 13.9 Å². The molecule has 0 radical (unpaired) electrons. The summed E-state index contributed by atoms with van der Waals surface area (Å²) in [4.78, 5) is 35.1. The topological polar surface area (TPSA) is 108 Å². The molecule has 1 aliphatic rings. The number of hydrogen-bond donors (Lipinski definition) is 1. The summed E-state index contributed by atoms with van der Waals surface area (Å²) in [6.45, 7) is 8.12. The zero-order valence-electron chi connectivity index (χ0n) is 21.8. The Hall–Kier alpha value is -4.02. The summed E-state index contributed by atoms with van der Waals surface area (Å²) in [6, 6.07) is 20.6. The number of aromatic nitrogens is 4. The van der Waals surface area contributed by atoms with Crippen molar-refractivity contribution in [3.63, 3.8) is 0 Å². The van der Waals surface area contributed by atoms with Gasteiger partial charge in [-0.05, 0) is 15.4 Å². The van der Waals surface area contributed by atoms with Crippen LogP contribution in [0.4, 0.5) is 0 Å². The Bertz CT molecular complexity index is 1490. The quantitative estimate of drug-likeness (QED) is 0.289. The summed E-state index contributed by atoms with van der Waals surface area (Å²) in [7, 11) is -2.82. The molecule has 1 N–H and O–H groups in total. The minimum Gasteiger partial charge on any atom is -0.468 e. The minimum absolute atomic E-state index is 0.169. The number of nitrogens with one attached hydrogen (secondary N) is 1. The second-order valence-corrected chi connectivity index (χ2v) is 14.5. The Labute approximate surface area is 221 Å². The highest BCUT2D eigenvalue weighted by Gasteiger charge is 2.50. The molecule has 2 aromatic carbocycles. The summed E-state index contributed by atoms with van der Waals surface area (Å²) in [6.07, 6.45) is 3.00. The summed E-state index contributed by atoms with van der Waals surface area (Å²) < 4.78 is 20.5. The molecule has 38 heavy (non-hydrogen) atoms. The lowest BCUT2D eigenvalue weighted by atomic mass is 10.2. The molecule has 3 heterocycles. The maximum absolute atomic E-state index is 12.2. The van der Waals surface area contributed by atoms with Gasteiger partial charge in [-0.3, -0.25) is 14.2 Å². The number of rotatable bonds is 7. The fourth-order valence-corrected chi connectivity index (χ4v) is 9.61. The van der Waals surface area contributed by atoms with Gasteiger partial charge < -0.3 is 18.9 Å². The number of aromatic amines is 1. The third-order valence-corrected chi connectivity index (χ3v) is 11.7. The number of hydrogen-bond acceptors (Lipinski definition) is 7. The minimum atomic E-state index is -2.82. The van der Waals surface area contributed by atoms with Crippen molar-refractivity contribution >= 4 is 35.8 Å². The highest BCUT2D eigenvalue weighted by Crippen LogP contribution is 2.38. The van der Waals surface area contributed by atoms with Crippen molar-refractivity contribution in [3.05, 3.63) is 95.5 Å². The number of carbonyl (C=O) groups is 1. The van der Waals surface area contributed by atoms with Gasteiger partial charge in [0.2, 0.25) is 6.23 Å². The Balaban J connectivity index is 1.51. The molecule has 10 heteroatoms. The van der Waals surface area contributed by atoms with Gasteiger partial charge in [0.15, 0.2) is 17.3 Å². The second-order valence-electron chi connectivity index (χ2n) is 10.2. The fraction of sp³-hybridized carbons (Fsp3) is 0.286. The van der Waals surface area contributed by atoms with Crippen molar-refractivity contribution in [2.45, 2.75) is 45.1 Å². The zero-order chi connectivity index (χ0) is 26.9. The molecule has 0 unspecified atom stereocenters.